The molecule has 0 saturated heterocycles. The van der Waals surface area contributed by atoms with Crippen LogP contribution in [0.4, 0.5) is 0 Å². The van der Waals surface area contributed by atoms with E-state index < -0.39 is 5.97 Å². The molecule has 0 radical (unpaired) electrons. The van der Waals surface area contributed by atoms with Crippen molar-refractivity contribution in [3.8, 4) is 0 Å². The number of amides is 1. The van der Waals surface area contributed by atoms with Gasteiger partial charge in [-0.05, 0) is 24.5 Å². The molecule has 16 heavy (non-hydrogen) atoms. The van der Waals surface area contributed by atoms with Crippen molar-refractivity contribution in [2.24, 2.45) is 5.92 Å². The third-order valence-corrected chi connectivity index (χ3v) is 2.80. The summed E-state index contributed by atoms with van der Waals surface area (Å²) in [5, 5.41) is 11.4. The van der Waals surface area contributed by atoms with E-state index in [0.717, 1.165) is 12.8 Å². The number of carboxylic acid groups (broad SMARTS) is 1. The smallest absolute Gasteiger partial charge is 0.371 e. The second-order valence-corrected chi connectivity index (χ2v) is 3.95. The van der Waals surface area contributed by atoms with E-state index in [-0.39, 0.29) is 23.5 Å². The number of hydrogen-bond donors (Lipinski definition) is 2. The van der Waals surface area contributed by atoms with Crippen LogP contribution >= 0.6 is 0 Å². The van der Waals surface area contributed by atoms with Crippen LogP contribution in [0.5, 0.6) is 0 Å². The van der Waals surface area contributed by atoms with Crippen molar-refractivity contribution in [3.05, 3.63) is 23.7 Å². The average Bonchev–Trinajstić information content (AvgIpc) is 2.80. The third-order valence-electron chi connectivity index (χ3n) is 2.80. The van der Waals surface area contributed by atoms with Crippen LogP contribution in [0.1, 0.15) is 40.9 Å². The van der Waals surface area contributed by atoms with Gasteiger partial charge in [0.2, 0.25) is 5.76 Å². The molecule has 1 aliphatic carbocycles. The van der Waals surface area contributed by atoms with E-state index in [1.807, 2.05) is 0 Å². The highest BCUT2D eigenvalue weighted by Crippen LogP contribution is 2.33. The first kappa shape index (κ1) is 10.7. The molecule has 0 aliphatic heterocycles. The van der Waals surface area contributed by atoms with Gasteiger partial charge in [-0.2, -0.15) is 0 Å². The molecule has 1 amide bonds. The summed E-state index contributed by atoms with van der Waals surface area (Å²) in [6, 6.07) is 2.87. The molecule has 1 saturated carbocycles. The highest BCUT2D eigenvalue weighted by atomic mass is 16.4. The van der Waals surface area contributed by atoms with Crippen molar-refractivity contribution < 1.29 is 19.1 Å². The summed E-state index contributed by atoms with van der Waals surface area (Å²) < 4.78 is 4.89. The maximum absolute atomic E-state index is 11.6. The molecule has 1 aromatic heterocycles. The van der Waals surface area contributed by atoms with Gasteiger partial charge in [0.05, 0.1) is 0 Å². The van der Waals surface area contributed by atoms with Crippen molar-refractivity contribution in [1.82, 2.24) is 5.32 Å². The molecule has 86 valence electrons. The lowest BCUT2D eigenvalue weighted by atomic mass is 10.3. The molecule has 2 rings (SSSR count). The molecule has 0 spiro atoms. The van der Waals surface area contributed by atoms with Gasteiger partial charge < -0.3 is 14.8 Å². The van der Waals surface area contributed by atoms with Gasteiger partial charge >= 0.3 is 5.97 Å². The van der Waals surface area contributed by atoms with Crippen LogP contribution in [0.3, 0.4) is 0 Å². The summed E-state index contributed by atoms with van der Waals surface area (Å²) in [4.78, 5) is 22.1. The van der Waals surface area contributed by atoms with Crippen molar-refractivity contribution in [3.63, 3.8) is 0 Å². The van der Waals surface area contributed by atoms with Crippen LogP contribution in [0, 0.1) is 5.92 Å². The molecule has 1 aliphatic rings. The highest BCUT2D eigenvalue weighted by Gasteiger charge is 2.37. The Kier molecular flexibility index (Phi) is 2.68. The van der Waals surface area contributed by atoms with E-state index in [4.69, 9.17) is 9.52 Å². The monoisotopic (exact) mass is 223 g/mol. The molecule has 0 bridgehead atoms. The van der Waals surface area contributed by atoms with Crippen LogP contribution in [0.25, 0.3) is 0 Å². The number of aromatic carboxylic acids is 1. The van der Waals surface area contributed by atoms with E-state index >= 15 is 0 Å². The van der Waals surface area contributed by atoms with E-state index in [2.05, 4.69) is 12.2 Å². The summed E-state index contributed by atoms with van der Waals surface area (Å²) in [7, 11) is 0. The van der Waals surface area contributed by atoms with Crippen molar-refractivity contribution >= 4 is 11.9 Å². The van der Waals surface area contributed by atoms with E-state index in [0.29, 0.717) is 5.92 Å². The standard InChI is InChI=1S/C11H13NO4/c1-2-6-5-7(6)12-10(13)8-3-4-9(16-8)11(14)15/h3-4,6-7H,2,5H2,1H3,(H,12,13)(H,14,15). The number of carboxylic acids is 1. The first-order valence-electron chi connectivity index (χ1n) is 5.25. The average molecular weight is 223 g/mol. The zero-order chi connectivity index (χ0) is 11.7. The Morgan fingerprint density at radius 1 is 1.50 bits per heavy atom. The van der Waals surface area contributed by atoms with Gasteiger partial charge in [-0.15, -0.1) is 0 Å². The van der Waals surface area contributed by atoms with Crippen LogP contribution < -0.4 is 5.32 Å². The number of nitrogens with one attached hydrogen (secondary N) is 1. The van der Waals surface area contributed by atoms with E-state index in [9.17, 15) is 9.59 Å². The largest absolute Gasteiger partial charge is 0.475 e. The topological polar surface area (TPSA) is 79.5 Å². The molecule has 5 nitrogen and oxygen atoms in total. The fraction of sp³-hybridized carbons (Fsp3) is 0.455. The second-order valence-electron chi connectivity index (χ2n) is 3.95. The number of rotatable bonds is 4. The molecule has 2 unspecified atom stereocenters. The molecule has 5 heteroatoms. The summed E-state index contributed by atoms with van der Waals surface area (Å²) in [6.07, 6.45) is 2.04. The lowest BCUT2D eigenvalue weighted by molar-refractivity contribution is 0.0659. The number of furan rings is 1. The zero-order valence-electron chi connectivity index (χ0n) is 8.90. The van der Waals surface area contributed by atoms with Crippen molar-refractivity contribution in [2.45, 2.75) is 25.8 Å². The van der Waals surface area contributed by atoms with Gasteiger partial charge in [0.1, 0.15) is 0 Å². The molecular formula is C11H13NO4. The van der Waals surface area contributed by atoms with E-state index in [1.54, 1.807) is 0 Å². The summed E-state index contributed by atoms with van der Waals surface area (Å²) in [6.45, 7) is 2.08. The fourth-order valence-corrected chi connectivity index (χ4v) is 1.69. The van der Waals surface area contributed by atoms with Gasteiger partial charge in [-0.1, -0.05) is 13.3 Å². The molecule has 2 atom stereocenters. The maximum Gasteiger partial charge on any atom is 0.371 e. The Morgan fingerprint density at radius 3 is 2.69 bits per heavy atom. The van der Waals surface area contributed by atoms with E-state index in [1.165, 1.54) is 12.1 Å². The van der Waals surface area contributed by atoms with Crippen LogP contribution in [0.2, 0.25) is 0 Å². The van der Waals surface area contributed by atoms with Crippen LogP contribution in [0.15, 0.2) is 16.5 Å². The second kappa shape index (κ2) is 4.00. The maximum atomic E-state index is 11.6. The van der Waals surface area contributed by atoms with Crippen molar-refractivity contribution in [1.29, 1.82) is 0 Å². The minimum atomic E-state index is -1.17. The number of carbonyl (C=O) groups is 2. The SMILES string of the molecule is CCC1CC1NC(=O)c1ccc(C(=O)O)o1. The van der Waals surface area contributed by atoms with Crippen LogP contribution in [-0.2, 0) is 0 Å². The Balaban J connectivity index is 1.96. The first-order chi connectivity index (χ1) is 7.61. The normalized spacial score (nSPS) is 22.8. The van der Waals surface area contributed by atoms with Gasteiger partial charge in [0, 0.05) is 6.04 Å². The van der Waals surface area contributed by atoms with Crippen molar-refractivity contribution in [2.75, 3.05) is 0 Å². The zero-order valence-corrected chi connectivity index (χ0v) is 8.90. The van der Waals surface area contributed by atoms with Gasteiger partial charge in [0.15, 0.2) is 5.76 Å². The van der Waals surface area contributed by atoms with Crippen LogP contribution in [-0.4, -0.2) is 23.0 Å². The third kappa shape index (κ3) is 2.08. The summed E-state index contributed by atoms with van der Waals surface area (Å²) in [5.74, 6) is -1.12. The Bertz CT molecular complexity index is 423. The Morgan fingerprint density at radius 2 is 2.19 bits per heavy atom. The molecule has 1 fully saturated rings. The molecule has 1 aromatic rings. The van der Waals surface area contributed by atoms with Gasteiger partial charge in [-0.25, -0.2) is 4.79 Å². The predicted octanol–water partition coefficient (Wildman–Crippen LogP) is 1.51. The molecule has 1 heterocycles. The Hall–Kier alpha value is -1.78. The lowest BCUT2D eigenvalue weighted by Gasteiger charge is -2.00. The van der Waals surface area contributed by atoms with Gasteiger partial charge in [0.25, 0.3) is 5.91 Å². The van der Waals surface area contributed by atoms with Gasteiger partial charge in [-0.3, -0.25) is 4.79 Å². The highest BCUT2D eigenvalue weighted by molar-refractivity contribution is 5.93. The summed E-state index contributed by atoms with van der Waals surface area (Å²) >= 11 is 0. The molecule has 2 N–H and O–H groups in total. The molecular weight excluding hydrogens is 210 g/mol. The molecule has 0 aromatic carbocycles. The number of hydrogen-bond acceptors (Lipinski definition) is 3. The Labute approximate surface area is 92.4 Å². The number of carbonyl (C=O) groups excluding carboxylic acids is 1. The fourth-order valence-electron chi connectivity index (χ4n) is 1.69. The lowest BCUT2D eigenvalue weighted by Crippen LogP contribution is -2.26. The minimum absolute atomic E-state index is 0.0548. The first-order valence-corrected chi connectivity index (χ1v) is 5.25. The quantitative estimate of drug-likeness (QED) is 0.810. The minimum Gasteiger partial charge on any atom is -0.475 e. The summed E-state index contributed by atoms with van der Waals surface area (Å²) in [5.41, 5.74) is 0. The predicted molar refractivity (Wildman–Crippen MR) is 55.3 cm³/mol.